The third-order valence-electron chi connectivity index (χ3n) is 5.55. The summed E-state index contributed by atoms with van der Waals surface area (Å²) in [7, 11) is -4.08. The Morgan fingerprint density at radius 3 is 2.11 bits per heavy atom. The number of sulfonamides is 1. The summed E-state index contributed by atoms with van der Waals surface area (Å²) < 4.78 is 33.8. The standard InChI is InChI=1S/C27H28Cl2N2O5S/c1-5-36-27(33)21-7-9-22(10-8-21)30-25(32)16-31(15-20-6-11-23(28)24(29)14-20)37(34,35)26-18(3)12-17(2)13-19(26)4/h6-14H,5,15-16H2,1-4H3,(H,30,32). The Morgan fingerprint density at radius 1 is 0.919 bits per heavy atom. The molecule has 0 aliphatic carbocycles. The Hall–Kier alpha value is -2.91. The van der Waals surface area contributed by atoms with Crippen molar-refractivity contribution in [2.24, 2.45) is 0 Å². The van der Waals surface area contributed by atoms with Crippen LogP contribution in [0.25, 0.3) is 0 Å². The number of amides is 1. The summed E-state index contributed by atoms with van der Waals surface area (Å²) in [5, 5.41) is 3.32. The van der Waals surface area contributed by atoms with Gasteiger partial charge in [0.1, 0.15) is 0 Å². The molecule has 0 unspecified atom stereocenters. The summed E-state index contributed by atoms with van der Waals surface area (Å²) in [6.07, 6.45) is 0. The van der Waals surface area contributed by atoms with Crippen LogP contribution in [0.4, 0.5) is 5.69 Å². The van der Waals surface area contributed by atoms with E-state index in [1.807, 2.05) is 6.92 Å². The molecule has 3 rings (SSSR count). The van der Waals surface area contributed by atoms with Crippen molar-refractivity contribution in [2.75, 3.05) is 18.5 Å². The number of aryl methyl sites for hydroxylation is 3. The van der Waals surface area contributed by atoms with Gasteiger partial charge in [0, 0.05) is 12.2 Å². The Labute approximate surface area is 227 Å². The molecular formula is C27H28Cl2N2O5S. The van der Waals surface area contributed by atoms with Crippen LogP contribution in [0.15, 0.2) is 59.5 Å². The highest BCUT2D eigenvalue weighted by molar-refractivity contribution is 7.89. The highest BCUT2D eigenvalue weighted by Crippen LogP contribution is 2.28. The lowest BCUT2D eigenvalue weighted by Gasteiger charge is -2.24. The topological polar surface area (TPSA) is 92.8 Å². The fourth-order valence-electron chi connectivity index (χ4n) is 4.04. The lowest BCUT2D eigenvalue weighted by atomic mass is 10.1. The van der Waals surface area contributed by atoms with E-state index in [1.165, 1.54) is 12.1 Å². The van der Waals surface area contributed by atoms with Crippen molar-refractivity contribution in [2.45, 2.75) is 39.1 Å². The number of hydrogen-bond donors (Lipinski definition) is 1. The molecule has 3 aromatic carbocycles. The van der Waals surface area contributed by atoms with Crippen LogP contribution in [0.1, 0.15) is 39.5 Å². The molecule has 0 heterocycles. The first-order valence-corrected chi connectivity index (χ1v) is 13.7. The SMILES string of the molecule is CCOC(=O)c1ccc(NC(=O)CN(Cc2ccc(Cl)c(Cl)c2)S(=O)(=O)c2c(C)cc(C)cc2C)cc1. The van der Waals surface area contributed by atoms with Gasteiger partial charge in [0.15, 0.2) is 0 Å². The molecule has 196 valence electrons. The van der Waals surface area contributed by atoms with Crippen molar-refractivity contribution in [1.29, 1.82) is 0 Å². The van der Waals surface area contributed by atoms with Crippen molar-refractivity contribution in [3.63, 3.8) is 0 Å². The van der Waals surface area contributed by atoms with E-state index in [-0.39, 0.29) is 23.1 Å². The summed E-state index contributed by atoms with van der Waals surface area (Å²) in [5.74, 6) is -1.02. The van der Waals surface area contributed by atoms with E-state index in [2.05, 4.69) is 5.32 Å². The summed E-state index contributed by atoms with van der Waals surface area (Å²) >= 11 is 12.2. The van der Waals surface area contributed by atoms with Gasteiger partial charge in [-0.2, -0.15) is 4.31 Å². The predicted molar refractivity (Wildman–Crippen MR) is 146 cm³/mol. The molecule has 10 heteroatoms. The Morgan fingerprint density at radius 2 is 1.54 bits per heavy atom. The van der Waals surface area contributed by atoms with Crippen LogP contribution in [-0.2, 0) is 26.1 Å². The van der Waals surface area contributed by atoms with Gasteiger partial charge < -0.3 is 10.1 Å². The summed E-state index contributed by atoms with van der Waals surface area (Å²) in [6.45, 7) is 6.77. The molecule has 1 N–H and O–H groups in total. The molecule has 37 heavy (non-hydrogen) atoms. The molecule has 0 aromatic heterocycles. The first-order valence-electron chi connectivity index (χ1n) is 11.5. The van der Waals surface area contributed by atoms with Crippen molar-refractivity contribution >= 4 is 50.8 Å². The molecule has 0 saturated heterocycles. The molecule has 7 nitrogen and oxygen atoms in total. The van der Waals surface area contributed by atoms with Crippen molar-refractivity contribution in [1.82, 2.24) is 4.31 Å². The maximum absolute atomic E-state index is 13.8. The van der Waals surface area contributed by atoms with E-state index in [0.717, 1.165) is 9.87 Å². The van der Waals surface area contributed by atoms with Gasteiger partial charge in [-0.1, -0.05) is 47.0 Å². The molecular weight excluding hydrogens is 535 g/mol. The summed E-state index contributed by atoms with van der Waals surface area (Å²) in [6, 6.07) is 14.6. The van der Waals surface area contributed by atoms with Gasteiger partial charge in [-0.05, 0) is 80.8 Å². The van der Waals surface area contributed by atoms with Gasteiger partial charge in [-0.3, -0.25) is 4.79 Å². The van der Waals surface area contributed by atoms with Crippen LogP contribution in [0.2, 0.25) is 10.0 Å². The van der Waals surface area contributed by atoms with Crippen LogP contribution in [0, 0.1) is 20.8 Å². The maximum atomic E-state index is 13.8. The first kappa shape index (κ1) is 28.7. The van der Waals surface area contributed by atoms with Gasteiger partial charge in [0.25, 0.3) is 0 Å². The van der Waals surface area contributed by atoms with E-state index >= 15 is 0 Å². The van der Waals surface area contributed by atoms with E-state index in [1.54, 1.807) is 63.2 Å². The van der Waals surface area contributed by atoms with Crippen LogP contribution in [-0.4, -0.2) is 37.8 Å². The van der Waals surface area contributed by atoms with Crippen LogP contribution < -0.4 is 5.32 Å². The van der Waals surface area contributed by atoms with E-state index < -0.39 is 28.4 Å². The highest BCUT2D eigenvalue weighted by atomic mass is 35.5. The van der Waals surface area contributed by atoms with E-state index in [4.69, 9.17) is 27.9 Å². The molecule has 0 bridgehead atoms. The highest BCUT2D eigenvalue weighted by Gasteiger charge is 2.30. The zero-order valence-electron chi connectivity index (χ0n) is 21.0. The summed E-state index contributed by atoms with van der Waals surface area (Å²) in [4.78, 5) is 25.0. The maximum Gasteiger partial charge on any atom is 0.338 e. The average Bonchev–Trinajstić information content (AvgIpc) is 2.80. The Balaban J connectivity index is 1.91. The van der Waals surface area contributed by atoms with Gasteiger partial charge in [-0.25, -0.2) is 13.2 Å². The van der Waals surface area contributed by atoms with Gasteiger partial charge >= 0.3 is 5.97 Å². The molecule has 0 atom stereocenters. The number of benzene rings is 3. The number of carbonyl (C=O) groups excluding carboxylic acids is 2. The molecule has 0 radical (unpaired) electrons. The monoisotopic (exact) mass is 562 g/mol. The minimum atomic E-state index is -4.08. The van der Waals surface area contributed by atoms with Gasteiger partial charge in [-0.15, -0.1) is 0 Å². The second-order valence-corrected chi connectivity index (χ2v) is 11.3. The second kappa shape index (κ2) is 12.1. The van der Waals surface area contributed by atoms with Gasteiger partial charge in [0.2, 0.25) is 15.9 Å². The quantitative estimate of drug-likeness (QED) is 0.326. The minimum absolute atomic E-state index is 0.0960. The first-order chi connectivity index (χ1) is 17.4. The number of nitrogens with one attached hydrogen (secondary N) is 1. The van der Waals surface area contributed by atoms with Gasteiger partial charge in [0.05, 0.1) is 33.7 Å². The zero-order valence-corrected chi connectivity index (χ0v) is 23.3. The normalized spacial score (nSPS) is 11.4. The van der Waals surface area contributed by atoms with E-state index in [0.29, 0.717) is 33.0 Å². The largest absolute Gasteiger partial charge is 0.462 e. The molecule has 0 saturated carbocycles. The van der Waals surface area contributed by atoms with Crippen LogP contribution in [0.5, 0.6) is 0 Å². The number of carbonyl (C=O) groups is 2. The number of hydrogen-bond acceptors (Lipinski definition) is 5. The third-order valence-corrected chi connectivity index (χ3v) is 8.38. The Kier molecular flexibility index (Phi) is 9.36. The predicted octanol–water partition coefficient (Wildman–Crippen LogP) is 5.92. The molecule has 3 aromatic rings. The molecule has 0 fully saturated rings. The number of esters is 1. The van der Waals surface area contributed by atoms with Crippen molar-refractivity contribution in [3.8, 4) is 0 Å². The lowest BCUT2D eigenvalue weighted by Crippen LogP contribution is -2.38. The van der Waals surface area contributed by atoms with Crippen molar-refractivity contribution < 1.29 is 22.7 Å². The zero-order chi connectivity index (χ0) is 27.3. The summed E-state index contributed by atoms with van der Waals surface area (Å²) in [5.41, 5.74) is 3.45. The van der Waals surface area contributed by atoms with Crippen LogP contribution >= 0.6 is 23.2 Å². The fourth-order valence-corrected chi connectivity index (χ4v) is 6.15. The van der Waals surface area contributed by atoms with Crippen LogP contribution in [0.3, 0.4) is 0 Å². The molecule has 0 aliphatic heterocycles. The number of anilines is 1. The number of nitrogens with zero attached hydrogens (tertiary/aromatic N) is 1. The van der Waals surface area contributed by atoms with E-state index in [9.17, 15) is 18.0 Å². The molecule has 1 amide bonds. The molecule has 0 spiro atoms. The minimum Gasteiger partial charge on any atom is -0.462 e. The smallest absolute Gasteiger partial charge is 0.338 e. The second-order valence-electron chi connectivity index (χ2n) is 8.60. The number of halogens is 2. The lowest BCUT2D eigenvalue weighted by molar-refractivity contribution is -0.116. The third kappa shape index (κ3) is 7.11. The average molecular weight is 564 g/mol. The van der Waals surface area contributed by atoms with Crippen molar-refractivity contribution in [3.05, 3.63) is 92.5 Å². The molecule has 0 aliphatic rings. The number of rotatable bonds is 9. The Bertz CT molecular complexity index is 1400. The fraction of sp³-hybridized carbons (Fsp3) is 0.259. The number of ether oxygens (including phenoxy) is 1.